The van der Waals surface area contributed by atoms with Crippen LogP contribution < -0.4 is 10.6 Å². The fourth-order valence-corrected chi connectivity index (χ4v) is 3.91. The molecule has 0 spiro atoms. The van der Waals surface area contributed by atoms with E-state index in [1.807, 2.05) is 0 Å². The number of nitrogens with zero attached hydrogens (tertiary/aromatic N) is 2. The van der Waals surface area contributed by atoms with Crippen molar-refractivity contribution in [1.82, 2.24) is 20.5 Å². The Morgan fingerprint density at radius 3 is 2.47 bits per heavy atom. The molecule has 2 heterocycles. The van der Waals surface area contributed by atoms with Crippen LogP contribution in [0.2, 0.25) is 5.02 Å². The van der Waals surface area contributed by atoms with Gasteiger partial charge in [-0.1, -0.05) is 29.8 Å². The number of hydrogen-bond donors (Lipinski definition) is 2. The molecule has 0 unspecified atom stereocenters. The minimum atomic E-state index is -4.40. The summed E-state index contributed by atoms with van der Waals surface area (Å²) in [5, 5.41) is 5.76. The van der Waals surface area contributed by atoms with Gasteiger partial charge in [0, 0.05) is 42.5 Å². The Bertz CT molecular complexity index is 1110. The van der Waals surface area contributed by atoms with E-state index in [0.29, 0.717) is 10.7 Å². The summed E-state index contributed by atoms with van der Waals surface area (Å²) in [6.07, 6.45) is 0.104. The van der Waals surface area contributed by atoms with Gasteiger partial charge in [0.1, 0.15) is 12.6 Å². The minimum absolute atomic E-state index is 0.101. The molecule has 1 fully saturated rings. The van der Waals surface area contributed by atoms with Crippen molar-refractivity contribution in [2.75, 3.05) is 26.2 Å². The third-order valence-electron chi connectivity index (χ3n) is 5.76. The highest BCUT2D eigenvalue weighted by Crippen LogP contribution is 2.20. The molecule has 1 aliphatic heterocycles. The molecular weight excluding hydrogens is 525 g/mol. The number of amides is 3. The van der Waals surface area contributed by atoms with Crippen LogP contribution in [0.1, 0.15) is 24.1 Å². The lowest BCUT2D eigenvalue weighted by atomic mass is 10.1. The summed E-state index contributed by atoms with van der Waals surface area (Å²) >= 11 is 5.87. The quantitative estimate of drug-likeness (QED) is 0.441. The van der Waals surface area contributed by atoms with Crippen LogP contribution in [-0.2, 0) is 25.5 Å². The van der Waals surface area contributed by atoms with Gasteiger partial charge in [-0.25, -0.2) is 0 Å². The maximum atomic E-state index is 12.9. The molecular formula is C26H28ClF3N4O4. The maximum Gasteiger partial charge on any atom is 0.411 e. The monoisotopic (exact) mass is 552 g/mol. The van der Waals surface area contributed by atoms with Gasteiger partial charge in [0.05, 0.1) is 12.6 Å². The lowest BCUT2D eigenvalue weighted by Gasteiger charge is -2.32. The molecule has 1 aliphatic rings. The van der Waals surface area contributed by atoms with Crippen LogP contribution in [0.3, 0.4) is 0 Å². The number of aromatic nitrogens is 1. The van der Waals surface area contributed by atoms with Crippen LogP contribution in [0.4, 0.5) is 13.2 Å². The second-order valence-electron chi connectivity index (χ2n) is 8.70. The van der Waals surface area contributed by atoms with Gasteiger partial charge in [0.25, 0.3) is 0 Å². The van der Waals surface area contributed by atoms with Gasteiger partial charge in [-0.15, -0.1) is 0 Å². The van der Waals surface area contributed by atoms with Crippen molar-refractivity contribution in [2.45, 2.75) is 37.6 Å². The van der Waals surface area contributed by atoms with E-state index < -0.39 is 36.7 Å². The molecule has 1 saturated heterocycles. The standard InChI is InChI=1S/C26H28ClF3N4O4/c27-19-7-4-18(5-8-19)6-9-23(35)33-22(15-20-3-1-2-12-31-20)25(37)32-16-24(36)34-13-10-21(11-14-34)38-17-26(28,29)30/h1-9,12,21-22H,10-11,13-17H2,(H,32,37)(H,33,35)/t22-/m0/s1. The van der Waals surface area contributed by atoms with Crippen LogP contribution in [0.25, 0.3) is 6.08 Å². The second kappa shape index (κ2) is 13.9. The summed E-state index contributed by atoms with van der Waals surface area (Å²) in [5.74, 6) is -1.46. The van der Waals surface area contributed by atoms with E-state index in [-0.39, 0.29) is 44.8 Å². The van der Waals surface area contributed by atoms with E-state index in [9.17, 15) is 27.6 Å². The Labute approximate surface area is 223 Å². The summed E-state index contributed by atoms with van der Waals surface area (Å²) < 4.78 is 41.9. The molecule has 1 aromatic carbocycles. The zero-order chi connectivity index (χ0) is 27.5. The first-order valence-electron chi connectivity index (χ1n) is 12.0. The molecule has 12 heteroatoms. The summed E-state index contributed by atoms with van der Waals surface area (Å²) in [4.78, 5) is 43.7. The van der Waals surface area contributed by atoms with Gasteiger partial charge < -0.3 is 20.3 Å². The lowest BCUT2D eigenvalue weighted by molar-refractivity contribution is -0.189. The fraction of sp³-hybridized carbons (Fsp3) is 0.385. The van der Waals surface area contributed by atoms with Crippen molar-refractivity contribution < 1.29 is 32.3 Å². The van der Waals surface area contributed by atoms with E-state index in [1.165, 1.54) is 11.0 Å². The summed E-state index contributed by atoms with van der Waals surface area (Å²) in [6, 6.07) is 11.0. The van der Waals surface area contributed by atoms with Crippen LogP contribution >= 0.6 is 11.6 Å². The Hall–Kier alpha value is -3.44. The smallest absolute Gasteiger partial charge is 0.369 e. The third kappa shape index (κ3) is 10.1. The number of piperidine rings is 1. The van der Waals surface area contributed by atoms with Crippen LogP contribution in [0, 0.1) is 0 Å². The molecule has 0 radical (unpaired) electrons. The second-order valence-corrected chi connectivity index (χ2v) is 9.13. The molecule has 204 valence electrons. The molecule has 1 aromatic heterocycles. The van der Waals surface area contributed by atoms with Crippen molar-refractivity contribution in [1.29, 1.82) is 0 Å². The van der Waals surface area contributed by atoms with Crippen molar-refractivity contribution in [3.63, 3.8) is 0 Å². The lowest BCUT2D eigenvalue weighted by Crippen LogP contribution is -2.51. The molecule has 2 N–H and O–H groups in total. The first kappa shape index (κ1) is 29.1. The number of likely N-dealkylation sites (tertiary alicyclic amines) is 1. The van der Waals surface area contributed by atoms with Crippen molar-refractivity contribution in [3.8, 4) is 0 Å². The highest BCUT2D eigenvalue weighted by Gasteiger charge is 2.31. The van der Waals surface area contributed by atoms with Crippen molar-refractivity contribution in [3.05, 3.63) is 71.0 Å². The molecule has 0 aliphatic carbocycles. The van der Waals surface area contributed by atoms with E-state index in [4.69, 9.17) is 16.3 Å². The van der Waals surface area contributed by atoms with Gasteiger partial charge in [-0.3, -0.25) is 19.4 Å². The van der Waals surface area contributed by atoms with E-state index >= 15 is 0 Å². The zero-order valence-electron chi connectivity index (χ0n) is 20.4. The number of benzene rings is 1. The predicted octanol–water partition coefficient (Wildman–Crippen LogP) is 3.16. The molecule has 0 saturated carbocycles. The number of pyridine rings is 1. The molecule has 3 amide bonds. The van der Waals surface area contributed by atoms with E-state index in [0.717, 1.165) is 5.56 Å². The van der Waals surface area contributed by atoms with Crippen LogP contribution in [0.15, 0.2) is 54.7 Å². The first-order valence-corrected chi connectivity index (χ1v) is 12.3. The number of hydrogen-bond acceptors (Lipinski definition) is 5. The highest BCUT2D eigenvalue weighted by molar-refractivity contribution is 6.30. The summed E-state index contributed by atoms with van der Waals surface area (Å²) in [5.41, 5.74) is 1.32. The topological polar surface area (TPSA) is 101 Å². The summed E-state index contributed by atoms with van der Waals surface area (Å²) in [6.45, 7) is -1.19. The SMILES string of the molecule is O=C(C=Cc1ccc(Cl)cc1)N[C@@H](Cc1ccccn1)C(=O)NCC(=O)N1CCC(OCC(F)(F)F)CC1. The van der Waals surface area contributed by atoms with Crippen LogP contribution in [-0.4, -0.2) is 72.2 Å². The number of nitrogens with one attached hydrogen (secondary N) is 2. The largest absolute Gasteiger partial charge is 0.411 e. The van der Waals surface area contributed by atoms with Gasteiger partial charge in [-0.2, -0.15) is 13.2 Å². The van der Waals surface area contributed by atoms with E-state index in [2.05, 4.69) is 15.6 Å². The van der Waals surface area contributed by atoms with Crippen molar-refractivity contribution >= 4 is 35.4 Å². The number of rotatable bonds is 10. The van der Waals surface area contributed by atoms with Crippen molar-refractivity contribution in [2.24, 2.45) is 0 Å². The average molecular weight is 553 g/mol. The molecule has 2 aromatic rings. The van der Waals surface area contributed by atoms with Gasteiger partial charge in [0.15, 0.2) is 0 Å². The number of halogens is 4. The molecule has 3 rings (SSSR count). The predicted molar refractivity (Wildman–Crippen MR) is 135 cm³/mol. The third-order valence-corrected chi connectivity index (χ3v) is 6.01. The zero-order valence-corrected chi connectivity index (χ0v) is 21.2. The van der Waals surface area contributed by atoms with Gasteiger partial charge in [0.2, 0.25) is 17.7 Å². The Morgan fingerprint density at radius 2 is 1.84 bits per heavy atom. The Kier molecular flexibility index (Phi) is 10.7. The first-order chi connectivity index (χ1) is 18.1. The number of carbonyl (C=O) groups is 3. The summed E-state index contributed by atoms with van der Waals surface area (Å²) in [7, 11) is 0. The fourth-order valence-electron chi connectivity index (χ4n) is 3.78. The number of ether oxygens (including phenoxy) is 1. The Balaban J connectivity index is 1.53. The molecule has 0 bridgehead atoms. The average Bonchev–Trinajstić information content (AvgIpc) is 2.90. The highest BCUT2D eigenvalue weighted by atomic mass is 35.5. The minimum Gasteiger partial charge on any atom is -0.369 e. The molecule has 38 heavy (non-hydrogen) atoms. The number of carbonyl (C=O) groups excluding carboxylic acids is 3. The van der Waals surface area contributed by atoms with Gasteiger partial charge >= 0.3 is 6.18 Å². The molecule has 8 nitrogen and oxygen atoms in total. The maximum absolute atomic E-state index is 12.9. The van der Waals surface area contributed by atoms with Gasteiger partial charge in [-0.05, 0) is 48.7 Å². The Morgan fingerprint density at radius 1 is 1.13 bits per heavy atom. The van der Waals surface area contributed by atoms with E-state index in [1.54, 1.807) is 54.7 Å². The van der Waals surface area contributed by atoms with Crippen LogP contribution in [0.5, 0.6) is 0 Å². The number of alkyl halides is 3. The normalized spacial score (nSPS) is 15.3. The molecule has 1 atom stereocenters.